The van der Waals surface area contributed by atoms with Gasteiger partial charge in [-0.05, 0) is 43.6 Å². The highest BCUT2D eigenvalue weighted by Gasteiger charge is 2.24. The lowest BCUT2D eigenvalue weighted by Crippen LogP contribution is -2.36. The van der Waals surface area contributed by atoms with E-state index in [1.165, 1.54) is 12.0 Å². The van der Waals surface area contributed by atoms with Crippen LogP contribution in [0.15, 0.2) is 12.1 Å². The molecule has 0 spiro atoms. The second-order valence-electron chi connectivity index (χ2n) is 5.65. The maximum Gasteiger partial charge on any atom is 0.231 e. The Hall–Kier alpha value is -1.46. The van der Waals surface area contributed by atoms with Crippen LogP contribution in [0.3, 0.4) is 0 Å². The summed E-state index contributed by atoms with van der Waals surface area (Å²) < 4.78 is 16.4. The second-order valence-corrected chi connectivity index (χ2v) is 5.65. The van der Waals surface area contributed by atoms with Crippen LogP contribution >= 0.6 is 0 Å². The van der Waals surface area contributed by atoms with Crippen molar-refractivity contribution in [3.63, 3.8) is 0 Å². The fourth-order valence-electron chi connectivity index (χ4n) is 3.14. The lowest BCUT2D eigenvalue weighted by molar-refractivity contribution is 0.171. The normalized spacial score (nSPS) is 20.2. The fraction of sp³-hybridized carbons (Fsp3) is 0.625. The molecule has 1 N–H and O–H groups in total. The average Bonchev–Trinajstić information content (AvgIpc) is 3.17. The van der Waals surface area contributed by atoms with Crippen molar-refractivity contribution >= 4 is 0 Å². The maximum atomic E-state index is 5.52. The van der Waals surface area contributed by atoms with E-state index in [0.29, 0.717) is 6.04 Å². The van der Waals surface area contributed by atoms with E-state index in [1.54, 1.807) is 7.11 Å². The number of hydrogen-bond donors (Lipinski definition) is 1. The van der Waals surface area contributed by atoms with E-state index < -0.39 is 0 Å². The molecule has 21 heavy (non-hydrogen) atoms. The first kappa shape index (κ1) is 14.5. The number of nitrogens with zero attached hydrogens (tertiary/aromatic N) is 1. The van der Waals surface area contributed by atoms with Crippen LogP contribution in [0.1, 0.15) is 25.3 Å². The number of nitrogens with one attached hydrogen (secondary N) is 1. The van der Waals surface area contributed by atoms with Crippen molar-refractivity contribution in [2.75, 3.05) is 33.5 Å². The minimum atomic E-state index is 0.278. The minimum absolute atomic E-state index is 0.278. The first-order chi connectivity index (χ1) is 10.3. The molecule has 1 aromatic carbocycles. The molecule has 5 heteroatoms. The molecule has 0 aromatic heterocycles. The van der Waals surface area contributed by atoms with E-state index >= 15 is 0 Å². The zero-order valence-electron chi connectivity index (χ0n) is 12.9. The van der Waals surface area contributed by atoms with Gasteiger partial charge in [-0.15, -0.1) is 0 Å². The van der Waals surface area contributed by atoms with Gasteiger partial charge >= 0.3 is 0 Å². The van der Waals surface area contributed by atoms with Crippen LogP contribution in [-0.2, 0) is 6.54 Å². The van der Waals surface area contributed by atoms with Crippen molar-refractivity contribution in [2.24, 2.45) is 0 Å². The summed E-state index contributed by atoms with van der Waals surface area (Å²) in [5.74, 6) is 2.29. The number of rotatable bonds is 6. The second kappa shape index (κ2) is 6.54. The molecule has 0 saturated carbocycles. The molecule has 116 valence electrons. The van der Waals surface area contributed by atoms with Crippen molar-refractivity contribution in [3.05, 3.63) is 17.7 Å². The van der Waals surface area contributed by atoms with Crippen LogP contribution in [0.4, 0.5) is 0 Å². The largest absolute Gasteiger partial charge is 0.493 e. The summed E-state index contributed by atoms with van der Waals surface area (Å²) >= 11 is 0. The Balaban J connectivity index is 1.79. The van der Waals surface area contributed by atoms with Gasteiger partial charge in [-0.2, -0.15) is 0 Å². The van der Waals surface area contributed by atoms with Crippen LogP contribution in [0, 0.1) is 0 Å². The van der Waals surface area contributed by atoms with Gasteiger partial charge in [0.15, 0.2) is 11.5 Å². The van der Waals surface area contributed by atoms with Crippen LogP contribution < -0.4 is 19.5 Å². The first-order valence-corrected chi connectivity index (χ1v) is 7.73. The third kappa shape index (κ3) is 3.09. The van der Waals surface area contributed by atoms with E-state index in [1.807, 2.05) is 0 Å². The summed E-state index contributed by atoms with van der Waals surface area (Å²) in [5, 5.41) is 3.45. The van der Waals surface area contributed by atoms with Gasteiger partial charge in [0.05, 0.1) is 7.11 Å². The Labute approximate surface area is 126 Å². The van der Waals surface area contributed by atoms with E-state index in [4.69, 9.17) is 14.2 Å². The van der Waals surface area contributed by atoms with Gasteiger partial charge in [-0.25, -0.2) is 0 Å². The van der Waals surface area contributed by atoms with Crippen LogP contribution in [0.25, 0.3) is 0 Å². The number of ether oxygens (including phenoxy) is 3. The minimum Gasteiger partial charge on any atom is -0.493 e. The Bertz CT molecular complexity index is 487. The molecular formula is C16H24N2O3. The lowest BCUT2D eigenvalue weighted by atomic mass is 10.1. The molecule has 1 fully saturated rings. The van der Waals surface area contributed by atoms with Gasteiger partial charge in [-0.3, -0.25) is 4.90 Å². The lowest BCUT2D eigenvalue weighted by Gasteiger charge is -2.28. The molecule has 1 aromatic rings. The predicted molar refractivity (Wildman–Crippen MR) is 81.1 cm³/mol. The summed E-state index contributed by atoms with van der Waals surface area (Å²) in [6.07, 6.45) is 2.39. The zero-order chi connectivity index (χ0) is 14.7. The van der Waals surface area contributed by atoms with Gasteiger partial charge in [0.25, 0.3) is 0 Å². The highest BCUT2D eigenvalue weighted by molar-refractivity contribution is 5.55. The van der Waals surface area contributed by atoms with Crippen molar-refractivity contribution in [1.82, 2.24) is 10.2 Å². The Morgan fingerprint density at radius 2 is 2.29 bits per heavy atom. The number of fused-ring (bicyclic) bond motifs is 1. The summed E-state index contributed by atoms with van der Waals surface area (Å²) in [5.41, 5.74) is 1.22. The van der Waals surface area contributed by atoms with Crippen molar-refractivity contribution in [3.8, 4) is 17.2 Å². The average molecular weight is 292 g/mol. The Morgan fingerprint density at radius 3 is 3.00 bits per heavy atom. The predicted octanol–water partition coefficient (Wildman–Crippen LogP) is 2.00. The summed E-state index contributed by atoms with van der Waals surface area (Å²) in [4.78, 5) is 2.55. The topological polar surface area (TPSA) is 43.0 Å². The highest BCUT2D eigenvalue weighted by atomic mass is 16.7. The van der Waals surface area contributed by atoms with Crippen molar-refractivity contribution < 1.29 is 14.2 Å². The molecule has 0 radical (unpaired) electrons. The summed E-state index contributed by atoms with van der Waals surface area (Å²) in [6, 6.07) is 4.77. The Kier molecular flexibility index (Phi) is 4.51. The number of benzene rings is 1. The summed E-state index contributed by atoms with van der Waals surface area (Å²) in [6.45, 7) is 6.75. The molecule has 5 nitrogen and oxygen atoms in total. The molecule has 2 aliphatic heterocycles. The molecular weight excluding hydrogens is 268 g/mol. The van der Waals surface area contributed by atoms with Gasteiger partial charge in [-0.1, -0.05) is 6.92 Å². The molecule has 0 amide bonds. The smallest absolute Gasteiger partial charge is 0.231 e. The quantitative estimate of drug-likeness (QED) is 0.868. The zero-order valence-corrected chi connectivity index (χ0v) is 12.9. The molecule has 3 rings (SSSR count). The van der Waals surface area contributed by atoms with Crippen LogP contribution in [0.2, 0.25) is 0 Å². The fourth-order valence-corrected chi connectivity index (χ4v) is 3.14. The molecule has 0 bridgehead atoms. The third-order valence-corrected chi connectivity index (χ3v) is 4.17. The molecule has 2 heterocycles. The molecule has 1 atom stereocenters. The third-order valence-electron chi connectivity index (χ3n) is 4.17. The van der Waals surface area contributed by atoms with E-state index in [0.717, 1.165) is 49.8 Å². The maximum absolute atomic E-state index is 5.52. The van der Waals surface area contributed by atoms with Gasteiger partial charge in [0.1, 0.15) is 0 Å². The standard InChI is InChI=1S/C16H24N2O3/c1-3-6-18(13-4-5-17-9-13)10-12-7-14(19-2)16-15(8-12)20-11-21-16/h7-8,13,17H,3-6,9-11H2,1-2H3. The number of methoxy groups -OCH3 is 1. The van der Waals surface area contributed by atoms with Crippen LogP contribution in [-0.4, -0.2) is 44.5 Å². The summed E-state index contributed by atoms with van der Waals surface area (Å²) in [7, 11) is 1.67. The van der Waals surface area contributed by atoms with Crippen LogP contribution in [0.5, 0.6) is 17.2 Å². The molecule has 1 saturated heterocycles. The van der Waals surface area contributed by atoms with Crippen molar-refractivity contribution in [2.45, 2.75) is 32.4 Å². The first-order valence-electron chi connectivity index (χ1n) is 7.73. The Morgan fingerprint density at radius 1 is 1.38 bits per heavy atom. The molecule has 1 unspecified atom stereocenters. The molecule has 2 aliphatic rings. The van der Waals surface area contributed by atoms with Crippen molar-refractivity contribution in [1.29, 1.82) is 0 Å². The van der Waals surface area contributed by atoms with Gasteiger partial charge in [0, 0.05) is 19.1 Å². The SMILES string of the molecule is CCCN(Cc1cc(OC)c2c(c1)OCO2)C1CCNC1. The van der Waals surface area contributed by atoms with Gasteiger partial charge in [0.2, 0.25) is 12.5 Å². The monoisotopic (exact) mass is 292 g/mol. The van der Waals surface area contributed by atoms with E-state index in [-0.39, 0.29) is 6.79 Å². The van der Waals surface area contributed by atoms with E-state index in [2.05, 4.69) is 29.3 Å². The molecule has 0 aliphatic carbocycles. The number of hydrogen-bond acceptors (Lipinski definition) is 5. The van der Waals surface area contributed by atoms with Gasteiger partial charge < -0.3 is 19.5 Å². The highest BCUT2D eigenvalue weighted by Crippen LogP contribution is 2.42. The van der Waals surface area contributed by atoms with E-state index in [9.17, 15) is 0 Å².